The van der Waals surface area contributed by atoms with E-state index in [2.05, 4.69) is 14.7 Å². The monoisotopic (exact) mass is 249 g/mol. The highest BCUT2D eigenvalue weighted by Gasteiger charge is 2.17. The van der Waals surface area contributed by atoms with Crippen LogP contribution in [0, 0.1) is 5.92 Å². The molecule has 0 unspecified atom stereocenters. The van der Waals surface area contributed by atoms with Gasteiger partial charge in [-0.3, -0.25) is 0 Å². The molecule has 3 heterocycles. The first-order valence-corrected chi connectivity index (χ1v) is 6.54. The molecule has 17 heavy (non-hydrogen) atoms. The van der Waals surface area contributed by atoms with Gasteiger partial charge >= 0.3 is 0 Å². The van der Waals surface area contributed by atoms with Crippen molar-refractivity contribution in [2.24, 2.45) is 5.92 Å². The number of fused-ring (bicyclic) bond motifs is 1. The molecule has 90 valence electrons. The normalized spacial score (nSPS) is 17.7. The summed E-state index contributed by atoms with van der Waals surface area (Å²) >= 11 is 6.15. The van der Waals surface area contributed by atoms with E-state index in [0.717, 1.165) is 36.8 Å². The van der Waals surface area contributed by atoms with E-state index in [4.69, 9.17) is 11.6 Å². The van der Waals surface area contributed by atoms with Crippen LogP contribution >= 0.6 is 11.6 Å². The van der Waals surface area contributed by atoms with Crippen molar-refractivity contribution in [1.82, 2.24) is 14.7 Å². The van der Waals surface area contributed by atoms with Crippen molar-refractivity contribution in [3.63, 3.8) is 0 Å². The van der Waals surface area contributed by atoms with Crippen LogP contribution in [0.1, 0.15) is 18.7 Å². The molecule has 1 aliphatic heterocycles. The molecular weight excluding hydrogens is 234 g/mol. The van der Waals surface area contributed by atoms with Crippen LogP contribution in [0.5, 0.6) is 0 Å². The van der Waals surface area contributed by atoms with E-state index in [1.54, 1.807) is 0 Å². The molecule has 1 fully saturated rings. The average Bonchev–Trinajstić information content (AvgIpc) is 2.69. The molecule has 0 radical (unpaired) electrons. The van der Waals surface area contributed by atoms with Gasteiger partial charge in [-0.2, -0.15) is 0 Å². The van der Waals surface area contributed by atoms with Gasteiger partial charge in [0.2, 0.25) is 0 Å². The first-order valence-electron chi connectivity index (χ1n) is 6.17. The number of pyridine rings is 1. The summed E-state index contributed by atoms with van der Waals surface area (Å²) in [5.74, 6) is 1.83. The average molecular weight is 250 g/mol. The smallest absolute Gasteiger partial charge is 0.155 e. The lowest BCUT2D eigenvalue weighted by Crippen LogP contribution is -2.29. The number of halogens is 1. The third kappa shape index (κ3) is 2.17. The summed E-state index contributed by atoms with van der Waals surface area (Å²) in [5.41, 5.74) is 1.01. The van der Waals surface area contributed by atoms with Gasteiger partial charge in [0.25, 0.3) is 0 Å². The fourth-order valence-electron chi connectivity index (χ4n) is 2.55. The van der Waals surface area contributed by atoms with E-state index in [9.17, 15) is 0 Å². The molecule has 0 spiro atoms. The molecule has 1 aliphatic rings. The van der Waals surface area contributed by atoms with Crippen LogP contribution in [0.2, 0.25) is 5.15 Å². The van der Waals surface area contributed by atoms with E-state index in [1.807, 2.05) is 24.4 Å². The van der Waals surface area contributed by atoms with Crippen LogP contribution in [0.25, 0.3) is 5.52 Å². The third-order valence-electron chi connectivity index (χ3n) is 3.51. The molecule has 0 bridgehead atoms. The van der Waals surface area contributed by atoms with Gasteiger partial charge in [-0.1, -0.05) is 17.7 Å². The lowest BCUT2D eigenvalue weighted by Gasteiger charge is -2.21. The van der Waals surface area contributed by atoms with Gasteiger partial charge in [0.1, 0.15) is 5.82 Å². The Labute approximate surface area is 106 Å². The molecule has 0 aliphatic carbocycles. The van der Waals surface area contributed by atoms with Crippen molar-refractivity contribution < 1.29 is 0 Å². The molecule has 0 saturated carbocycles. The van der Waals surface area contributed by atoms with E-state index in [-0.39, 0.29) is 0 Å². The Hall–Kier alpha value is -1.06. The number of aromatic nitrogens is 2. The number of hydrogen-bond acceptors (Lipinski definition) is 2. The van der Waals surface area contributed by atoms with Crippen LogP contribution in [0.15, 0.2) is 24.4 Å². The first-order chi connectivity index (χ1) is 8.34. The molecule has 0 amide bonds. The van der Waals surface area contributed by atoms with Gasteiger partial charge < -0.3 is 9.72 Å². The summed E-state index contributed by atoms with van der Waals surface area (Å²) < 4.78 is 2.12. The van der Waals surface area contributed by atoms with Crippen molar-refractivity contribution in [1.29, 1.82) is 0 Å². The van der Waals surface area contributed by atoms with Gasteiger partial charge in [-0.05, 0) is 44.0 Å². The van der Waals surface area contributed by atoms with Crippen LogP contribution in [-0.2, 0) is 6.42 Å². The lowest BCUT2D eigenvalue weighted by atomic mass is 9.94. The maximum absolute atomic E-state index is 6.15. The van der Waals surface area contributed by atoms with Crippen LogP contribution in [0.4, 0.5) is 0 Å². The second-order valence-electron chi connectivity index (χ2n) is 4.67. The van der Waals surface area contributed by atoms with Gasteiger partial charge in [-0.15, -0.1) is 0 Å². The standard InChI is InChI=1S/C13H16ClN3/c14-13-11-3-1-2-8-17(11)12(16-13)9-10-4-6-15-7-5-10/h1-3,8,10,15H,4-7,9H2. The molecule has 3 nitrogen and oxygen atoms in total. The van der Waals surface area contributed by atoms with Crippen molar-refractivity contribution in [2.45, 2.75) is 19.3 Å². The number of nitrogens with zero attached hydrogens (tertiary/aromatic N) is 2. The predicted octanol–water partition coefficient (Wildman–Crippen LogP) is 2.53. The Bertz CT molecular complexity index is 514. The lowest BCUT2D eigenvalue weighted by molar-refractivity contribution is 0.367. The topological polar surface area (TPSA) is 29.3 Å². The SMILES string of the molecule is Clc1nc(CC2CCNCC2)n2ccccc12. The van der Waals surface area contributed by atoms with Crippen LogP contribution < -0.4 is 5.32 Å². The van der Waals surface area contributed by atoms with Crippen molar-refractivity contribution in [3.05, 3.63) is 35.4 Å². The summed E-state index contributed by atoms with van der Waals surface area (Å²) in [7, 11) is 0. The Morgan fingerprint density at radius 3 is 3.00 bits per heavy atom. The molecule has 1 saturated heterocycles. The van der Waals surface area contributed by atoms with E-state index >= 15 is 0 Å². The summed E-state index contributed by atoms with van der Waals surface area (Å²) in [6, 6.07) is 6.04. The molecule has 0 atom stereocenters. The van der Waals surface area contributed by atoms with Gasteiger partial charge in [0.15, 0.2) is 5.15 Å². The Kier molecular flexibility index (Phi) is 3.04. The number of imidazole rings is 1. The van der Waals surface area contributed by atoms with Crippen LogP contribution in [0.3, 0.4) is 0 Å². The zero-order chi connectivity index (χ0) is 11.7. The summed E-state index contributed by atoms with van der Waals surface area (Å²) in [4.78, 5) is 4.49. The quantitative estimate of drug-likeness (QED) is 0.886. The molecule has 4 heteroatoms. The zero-order valence-corrected chi connectivity index (χ0v) is 10.5. The number of rotatable bonds is 2. The maximum Gasteiger partial charge on any atom is 0.155 e. The zero-order valence-electron chi connectivity index (χ0n) is 9.69. The largest absolute Gasteiger partial charge is 0.317 e. The molecule has 2 aromatic rings. The number of nitrogens with one attached hydrogen (secondary N) is 1. The molecular formula is C13H16ClN3. The summed E-state index contributed by atoms with van der Waals surface area (Å²) in [6.45, 7) is 2.25. The highest BCUT2D eigenvalue weighted by Crippen LogP contribution is 2.22. The molecule has 0 aromatic carbocycles. The Balaban J connectivity index is 1.89. The highest BCUT2D eigenvalue weighted by atomic mass is 35.5. The fraction of sp³-hybridized carbons (Fsp3) is 0.462. The van der Waals surface area contributed by atoms with E-state index in [0.29, 0.717) is 5.15 Å². The minimum absolute atomic E-state index is 0.620. The fourth-order valence-corrected chi connectivity index (χ4v) is 2.80. The van der Waals surface area contributed by atoms with Gasteiger partial charge in [-0.25, -0.2) is 4.98 Å². The van der Waals surface area contributed by atoms with Crippen molar-refractivity contribution in [2.75, 3.05) is 13.1 Å². The Morgan fingerprint density at radius 2 is 2.18 bits per heavy atom. The maximum atomic E-state index is 6.15. The number of hydrogen-bond donors (Lipinski definition) is 1. The minimum atomic E-state index is 0.620. The second-order valence-corrected chi connectivity index (χ2v) is 5.03. The Morgan fingerprint density at radius 1 is 1.35 bits per heavy atom. The van der Waals surface area contributed by atoms with Gasteiger partial charge in [0, 0.05) is 12.6 Å². The van der Waals surface area contributed by atoms with Crippen LogP contribution in [-0.4, -0.2) is 22.5 Å². The highest BCUT2D eigenvalue weighted by molar-refractivity contribution is 6.32. The predicted molar refractivity (Wildman–Crippen MR) is 69.5 cm³/mol. The van der Waals surface area contributed by atoms with Gasteiger partial charge in [0.05, 0.1) is 5.52 Å². The van der Waals surface area contributed by atoms with E-state index < -0.39 is 0 Å². The molecule has 1 N–H and O–H groups in total. The van der Waals surface area contributed by atoms with E-state index in [1.165, 1.54) is 12.8 Å². The number of piperidine rings is 1. The third-order valence-corrected chi connectivity index (χ3v) is 3.78. The second kappa shape index (κ2) is 4.67. The van der Waals surface area contributed by atoms with Crippen molar-refractivity contribution >= 4 is 17.1 Å². The summed E-state index contributed by atoms with van der Waals surface area (Å²) in [6.07, 6.45) is 5.54. The molecule has 3 rings (SSSR count). The minimum Gasteiger partial charge on any atom is -0.317 e. The summed E-state index contributed by atoms with van der Waals surface area (Å²) in [5, 5.41) is 4.01. The molecule has 2 aromatic heterocycles. The first kappa shape index (κ1) is 11.1. The van der Waals surface area contributed by atoms with Crippen molar-refractivity contribution in [3.8, 4) is 0 Å².